The highest BCUT2D eigenvalue weighted by molar-refractivity contribution is 5.97. The molecule has 0 aliphatic heterocycles. The second-order valence-electron chi connectivity index (χ2n) is 6.99. The van der Waals surface area contributed by atoms with Gasteiger partial charge < -0.3 is 35.6 Å². The van der Waals surface area contributed by atoms with Crippen LogP contribution in [0.5, 0.6) is 11.5 Å². The van der Waals surface area contributed by atoms with Gasteiger partial charge in [0.1, 0.15) is 12.4 Å². The number of benzene rings is 2. The number of anilines is 1. The van der Waals surface area contributed by atoms with Crippen molar-refractivity contribution < 1.29 is 33.7 Å². The van der Waals surface area contributed by atoms with Gasteiger partial charge in [0.05, 0.1) is 19.8 Å². The van der Waals surface area contributed by atoms with Gasteiger partial charge in [-0.25, -0.2) is 9.18 Å². The largest absolute Gasteiger partial charge is 0.490 e. The summed E-state index contributed by atoms with van der Waals surface area (Å²) >= 11 is 0. The first-order chi connectivity index (χ1) is 15.9. The molecule has 33 heavy (non-hydrogen) atoms. The Morgan fingerprint density at radius 2 is 1.85 bits per heavy atom. The zero-order valence-corrected chi connectivity index (χ0v) is 18.7. The minimum Gasteiger partial charge on any atom is -0.490 e. The lowest BCUT2D eigenvalue weighted by Crippen LogP contribution is -2.25. The van der Waals surface area contributed by atoms with Crippen molar-refractivity contribution in [1.29, 1.82) is 0 Å². The van der Waals surface area contributed by atoms with Crippen LogP contribution >= 0.6 is 0 Å². The molecular formula is C23H30FN3O6. The quantitative estimate of drug-likeness (QED) is 0.0888. The number of unbranched alkanes of at least 4 members (excludes halogenated alkanes) is 1. The Labute approximate surface area is 191 Å². The van der Waals surface area contributed by atoms with E-state index in [0.717, 1.165) is 12.5 Å². The Bertz CT molecular complexity index is 937. The molecule has 0 amide bonds. The van der Waals surface area contributed by atoms with Gasteiger partial charge in [-0.3, -0.25) is 0 Å². The normalized spacial score (nSPS) is 12.2. The molecule has 5 N–H and O–H groups in total. The molecule has 0 saturated heterocycles. The molecule has 0 aliphatic carbocycles. The molecule has 10 heteroatoms. The molecule has 2 aromatic carbocycles. The second-order valence-corrected chi connectivity index (χ2v) is 6.99. The maximum atomic E-state index is 15.1. The lowest BCUT2D eigenvalue weighted by atomic mass is 10.0. The SMILES string of the molecule is CCCCOC(=O)[C@@H](Nc1ccc(/C(N)=N/O)cc1)c1cc(OCC)c(OCCO)cc1F. The van der Waals surface area contributed by atoms with E-state index in [1.807, 2.05) is 6.92 Å². The van der Waals surface area contributed by atoms with Crippen LogP contribution in [0.2, 0.25) is 0 Å². The van der Waals surface area contributed by atoms with Crippen molar-refractivity contribution in [3.05, 3.63) is 53.3 Å². The molecule has 2 rings (SSSR count). The van der Waals surface area contributed by atoms with Gasteiger partial charge in [-0.2, -0.15) is 0 Å². The summed E-state index contributed by atoms with van der Waals surface area (Å²) < 4.78 is 31.4. The summed E-state index contributed by atoms with van der Waals surface area (Å²) in [4.78, 5) is 12.9. The summed E-state index contributed by atoms with van der Waals surface area (Å²) in [5, 5.41) is 23.8. The Morgan fingerprint density at radius 3 is 2.45 bits per heavy atom. The van der Waals surface area contributed by atoms with Gasteiger partial charge in [-0.1, -0.05) is 18.5 Å². The number of rotatable bonds is 13. The number of hydrogen-bond acceptors (Lipinski definition) is 8. The van der Waals surface area contributed by atoms with E-state index in [0.29, 0.717) is 17.7 Å². The van der Waals surface area contributed by atoms with Crippen LogP contribution in [0.25, 0.3) is 0 Å². The number of carbonyl (C=O) groups excluding carboxylic acids is 1. The summed E-state index contributed by atoms with van der Waals surface area (Å²) in [6.45, 7) is 3.93. The molecule has 0 radical (unpaired) electrons. The molecule has 2 aromatic rings. The third-order valence-corrected chi connectivity index (χ3v) is 4.60. The topological polar surface area (TPSA) is 136 Å². The maximum Gasteiger partial charge on any atom is 0.333 e. The van der Waals surface area contributed by atoms with Crippen LogP contribution in [-0.2, 0) is 9.53 Å². The Morgan fingerprint density at radius 1 is 1.15 bits per heavy atom. The van der Waals surface area contributed by atoms with Crippen molar-refractivity contribution in [3.63, 3.8) is 0 Å². The summed E-state index contributed by atoms with van der Waals surface area (Å²) in [7, 11) is 0. The number of oxime groups is 1. The molecule has 0 aromatic heterocycles. The molecule has 0 heterocycles. The van der Waals surface area contributed by atoms with Gasteiger partial charge in [0.15, 0.2) is 23.4 Å². The van der Waals surface area contributed by atoms with Gasteiger partial charge in [0.2, 0.25) is 0 Å². The van der Waals surface area contributed by atoms with Crippen LogP contribution in [0.1, 0.15) is 43.9 Å². The van der Waals surface area contributed by atoms with E-state index < -0.39 is 17.8 Å². The van der Waals surface area contributed by atoms with E-state index in [9.17, 15) is 4.79 Å². The Balaban J connectivity index is 2.42. The fraction of sp³-hybridized carbons (Fsp3) is 0.391. The Kier molecular flexibility index (Phi) is 10.2. The molecule has 0 unspecified atom stereocenters. The molecule has 0 bridgehead atoms. The summed E-state index contributed by atoms with van der Waals surface area (Å²) in [6, 6.07) is 7.72. The standard InChI is InChI=1S/C23H30FN3O6/c1-3-5-11-33-23(29)21(26-16-8-6-15(7-9-16)22(25)27-30)17-13-19(31-4-2)20(14-18(17)24)32-12-10-28/h6-9,13-14,21,26,28,30H,3-5,10-12H2,1-2H3,(H2,25,27)/t21-/m0/s1. The minimum atomic E-state index is -1.18. The van der Waals surface area contributed by atoms with Crippen LogP contribution in [0.3, 0.4) is 0 Å². The number of ether oxygens (including phenoxy) is 3. The zero-order valence-electron chi connectivity index (χ0n) is 18.7. The maximum absolute atomic E-state index is 15.1. The smallest absolute Gasteiger partial charge is 0.333 e. The van der Waals surface area contributed by atoms with Crippen molar-refractivity contribution in [1.82, 2.24) is 0 Å². The predicted octanol–water partition coefficient (Wildman–Crippen LogP) is 3.19. The molecule has 0 spiro atoms. The highest BCUT2D eigenvalue weighted by Gasteiger charge is 2.27. The van der Waals surface area contributed by atoms with Crippen molar-refractivity contribution in [2.75, 3.05) is 31.7 Å². The number of aliphatic hydroxyl groups is 1. The molecule has 0 fully saturated rings. The number of amidine groups is 1. The van der Waals surface area contributed by atoms with E-state index >= 15 is 4.39 Å². The zero-order chi connectivity index (χ0) is 24.2. The first-order valence-corrected chi connectivity index (χ1v) is 10.7. The number of hydrogen-bond donors (Lipinski definition) is 4. The van der Waals surface area contributed by atoms with E-state index in [1.165, 1.54) is 6.07 Å². The van der Waals surface area contributed by atoms with Crippen LogP contribution < -0.4 is 20.5 Å². The summed E-state index contributed by atoms with van der Waals surface area (Å²) in [5.41, 5.74) is 6.55. The summed E-state index contributed by atoms with van der Waals surface area (Å²) in [6.07, 6.45) is 1.51. The molecule has 1 atom stereocenters. The molecular weight excluding hydrogens is 433 g/mol. The number of carbonyl (C=O) groups is 1. The minimum absolute atomic E-state index is 0.0109. The number of aliphatic hydroxyl groups excluding tert-OH is 1. The highest BCUT2D eigenvalue weighted by atomic mass is 19.1. The number of halogens is 1. The number of esters is 1. The van der Waals surface area contributed by atoms with Gasteiger partial charge in [-0.15, -0.1) is 0 Å². The van der Waals surface area contributed by atoms with E-state index in [4.69, 9.17) is 30.3 Å². The molecule has 0 saturated carbocycles. The second kappa shape index (κ2) is 13.1. The van der Waals surface area contributed by atoms with Crippen LogP contribution in [-0.4, -0.2) is 48.5 Å². The molecule has 180 valence electrons. The lowest BCUT2D eigenvalue weighted by molar-refractivity contribution is -0.144. The number of nitrogens with zero attached hydrogens (tertiary/aromatic N) is 1. The first kappa shape index (κ1) is 25.7. The van der Waals surface area contributed by atoms with Crippen molar-refractivity contribution in [2.24, 2.45) is 10.9 Å². The van der Waals surface area contributed by atoms with Crippen molar-refractivity contribution in [3.8, 4) is 11.5 Å². The van der Waals surface area contributed by atoms with Gasteiger partial charge in [0, 0.05) is 22.9 Å². The number of nitrogens with two attached hydrogens (primary N) is 1. The first-order valence-electron chi connectivity index (χ1n) is 10.7. The summed E-state index contributed by atoms with van der Waals surface area (Å²) in [5.74, 6) is -1.08. The van der Waals surface area contributed by atoms with Gasteiger partial charge in [0.25, 0.3) is 0 Å². The molecule has 0 aliphatic rings. The Hall–Kier alpha value is -3.53. The van der Waals surface area contributed by atoms with Crippen LogP contribution in [0.4, 0.5) is 10.1 Å². The van der Waals surface area contributed by atoms with Gasteiger partial charge in [-0.05, 0) is 43.7 Å². The third-order valence-electron chi connectivity index (χ3n) is 4.60. The highest BCUT2D eigenvalue weighted by Crippen LogP contribution is 2.35. The van der Waals surface area contributed by atoms with Crippen LogP contribution in [0.15, 0.2) is 41.6 Å². The van der Waals surface area contributed by atoms with Gasteiger partial charge >= 0.3 is 5.97 Å². The molecule has 9 nitrogen and oxygen atoms in total. The van der Waals surface area contributed by atoms with Crippen LogP contribution in [0, 0.1) is 5.82 Å². The average Bonchev–Trinajstić information content (AvgIpc) is 2.82. The average molecular weight is 464 g/mol. The fourth-order valence-electron chi connectivity index (χ4n) is 2.93. The van der Waals surface area contributed by atoms with E-state index in [1.54, 1.807) is 31.2 Å². The number of nitrogens with one attached hydrogen (secondary N) is 1. The fourth-order valence-corrected chi connectivity index (χ4v) is 2.93. The third kappa shape index (κ3) is 7.25. The van der Waals surface area contributed by atoms with Crippen molar-refractivity contribution >= 4 is 17.5 Å². The monoisotopic (exact) mass is 463 g/mol. The van der Waals surface area contributed by atoms with Crippen molar-refractivity contribution in [2.45, 2.75) is 32.7 Å². The van der Waals surface area contributed by atoms with E-state index in [2.05, 4.69) is 10.5 Å². The van der Waals surface area contributed by atoms with E-state index in [-0.39, 0.29) is 49.3 Å². The lowest BCUT2D eigenvalue weighted by Gasteiger charge is -2.22. The predicted molar refractivity (Wildman–Crippen MR) is 121 cm³/mol.